The zero-order valence-electron chi connectivity index (χ0n) is 26.6. The van der Waals surface area contributed by atoms with Crippen molar-refractivity contribution < 1.29 is 0 Å². The Morgan fingerprint density at radius 3 is 1.46 bits per heavy atom. The molecule has 0 aliphatic heterocycles. The molecule has 1 aromatic heterocycles. The molecule has 0 amide bonds. The Bertz CT molecular complexity index is 2190. The second-order valence-electron chi connectivity index (χ2n) is 13.3. The summed E-state index contributed by atoms with van der Waals surface area (Å²) in [5, 5.41) is 2.29. The third-order valence-corrected chi connectivity index (χ3v) is 10.3. The Labute approximate surface area is 270 Å². The molecule has 222 valence electrons. The number of aromatic nitrogens is 3. The molecule has 1 aliphatic rings. The molecule has 0 bridgehead atoms. The van der Waals surface area contributed by atoms with Crippen LogP contribution in [0.4, 0.5) is 0 Å². The van der Waals surface area contributed by atoms with Gasteiger partial charge in [0.1, 0.15) is 0 Å². The monoisotopic (exact) mass is 593 g/mol. The van der Waals surface area contributed by atoms with Gasteiger partial charge in [0.2, 0.25) is 0 Å². The first-order valence-electron chi connectivity index (χ1n) is 16.0. The van der Waals surface area contributed by atoms with Gasteiger partial charge in [-0.25, -0.2) is 15.0 Å². The van der Waals surface area contributed by atoms with E-state index in [9.17, 15) is 0 Å². The number of hydrogen-bond donors (Lipinski definition) is 0. The number of hydrogen-bond acceptors (Lipinski definition) is 3. The largest absolute Gasteiger partial charge is 0.208 e. The van der Waals surface area contributed by atoms with Crippen LogP contribution in [0.15, 0.2) is 140 Å². The van der Waals surface area contributed by atoms with E-state index in [-0.39, 0.29) is 10.8 Å². The van der Waals surface area contributed by atoms with E-state index in [1.165, 1.54) is 38.8 Å². The standard InChI is InChI=1S/C43H35N3/c1-42(2)37-22-14-13-21-34(37)36-27-30(23-26-38(36)43(42,3)4)31-24-25-35(33-20-12-11-19-32(31)33)41-45-39(28-15-7-5-8-16-28)44-40(46-41)29-17-9-6-10-18-29/h5-27H,1-4H3. The van der Waals surface area contributed by atoms with Crippen molar-refractivity contribution in [2.45, 2.75) is 38.5 Å². The van der Waals surface area contributed by atoms with E-state index in [0.29, 0.717) is 17.5 Å². The maximum absolute atomic E-state index is 5.04. The summed E-state index contributed by atoms with van der Waals surface area (Å²) < 4.78 is 0. The average molecular weight is 594 g/mol. The van der Waals surface area contributed by atoms with Gasteiger partial charge in [-0.05, 0) is 67.1 Å². The van der Waals surface area contributed by atoms with Crippen molar-refractivity contribution in [3.8, 4) is 56.4 Å². The molecule has 0 fully saturated rings. The first-order valence-corrected chi connectivity index (χ1v) is 16.0. The second-order valence-corrected chi connectivity index (χ2v) is 13.3. The maximum Gasteiger partial charge on any atom is 0.164 e. The highest BCUT2D eigenvalue weighted by Crippen LogP contribution is 2.54. The highest BCUT2D eigenvalue weighted by atomic mass is 15.0. The van der Waals surface area contributed by atoms with Crippen LogP contribution in [0.2, 0.25) is 0 Å². The number of fused-ring (bicyclic) bond motifs is 4. The minimum atomic E-state index is -0.0211. The molecule has 46 heavy (non-hydrogen) atoms. The highest BCUT2D eigenvalue weighted by Gasteiger charge is 2.45. The number of rotatable bonds is 4. The summed E-state index contributed by atoms with van der Waals surface area (Å²) in [7, 11) is 0. The Hall–Kier alpha value is -5.41. The lowest BCUT2D eigenvalue weighted by molar-refractivity contribution is 0.299. The summed E-state index contributed by atoms with van der Waals surface area (Å²) >= 11 is 0. The van der Waals surface area contributed by atoms with Crippen LogP contribution in [0.3, 0.4) is 0 Å². The van der Waals surface area contributed by atoms with Crippen LogP contribution in [0.25, 0.3) is 67.2 Å². The van der Waals surface area contributed by atoms with E-state index < -0.39 is 0 Å². The molecule has 7 aromatic rings. The van der Waals surface area contributed by atoms with Crippen molar-refractivity contribution in [3.63, 3.8) is 0 Å². The minimum Gasteiger partial charge on any atom is -0.208 e. The lowest BCUT2D eigenvalue weighted by atomic mass is 9.55. The van der Waals surface area contributed by atoms with E-state index in [1.807, 2.05) is 60.7 Å². The van der Waals surface area contributed by atoms with Crippen molar-refractivity contribution in [1.82, 2.24) is 15.0 Å². The molecule has 8 rings (SSSR count). The van der Waals surface area contributed by atoms with Gasteiger partial charge in [0, 0.05) is 16.7 Å². The molecule has 0 N–H and O–H groups in total. The smallest absolute Gasteiger partial charge is 0.164 e. The molecule has 0 saturated heterocycles. The normalized spacial score (nSPS) is 14.4. The fraction of sp³-hybridized carbons (Fsp3) is 0.140. The van der Waals surface area contributed by atoms with Gasteiger partial charge in [-0.2, -0.15) is 0 Å². The summed E-state index contributed by atoms with van der Waals surface area (Å²) in [4.78, 5) is 15.0. The molecule has 6 aromatic carbocycles. The molecule has 0 spiro atoms. The van der Waals surface area contributed by atoms with Gasteiger partial charge < -0.3 is 0 Å². The topological polar surface area (TPSA) is 38.7 Å². The van der Waals surface area contributed by atoms with E-state index in [4.69, 9.17) is 15.0 Å². The van der Waals surface area contributed by atoms with Crippen LogP contribution in [0.1, 0.15) is 38.8 Å². The molecular formula is C43H35N3. The first-order chi connectivity index (χ1) is 22.3. The van der Waals surface area contributed by atoms with Crippen molar-refractivity contribution in [2.24, 2.45) is 0 Å². The Morgan fingerprint density at radius 2 is 0.826 bits per heavy atom. The SMILES string of the molecule is CC1(C)c2ccccc2-c2cc(-c3ccc(-c4nc(-c5ccccc5)nc(-c5ccccc5)n4)c4ccccc34)ccc2C1(C)C. The number of benzene rings is 6. The molecule has 1 aliphatic carbocycles. The van der Waals surface area contributed by atoms with Crippen LogP contribution < -0.4 is 0 Å². The average Bonchev–Trinajstić information content (AvgIpc) is 3.11. The van der Waals surface area contributed by atoms with Crippen LogP contribution in [-0.2, 0) is 10.8 Å². The first kappa shape index (κ1) is 28.1. The predicted molar refractivity (Wildman–Crippen MR) is 191 cm³/mol. The van der Waals surface area contributed by atoms with Crippen LogP contribution >= 0.6 is 0 Å². The van der Waals surface area contributed by atoms with Crippen molar-refractivity contribution in [3.05, 3.63) is 151 Å². The fourth-order valence-electron chi connectivity index (χ4n) is 7.09. The van der Waals surface area contributed by atoms with Gasteiger partial charge in [0.25, 0.3) is 0 Å². The Balaban J connectivity index is 1.31. The lowest BCUT2D eigenvalue weighted by Gasteiger charge is -2.48. The van der Waals surface area contributed by atoms with Crippen molar-refractivity contribution >= 4 is 10.8 Å². The molecule has 0 unspecified atom stereocenters. The molecule has 0 atom stereocenters. The predicted octanol–water partition coefficient (Wildman–Crippen LogP) is 10.9. The highest BCUT2D eigenvalue weighted by molar-refractivity contribution is 6.04. The van der Waals surface area contributed by atoms with Crippen molar-refractivity contribution in [2.75, 3.05) is 0 Å². The van der Waals surface area contributed by atoms with Crippen LogP contribution in [0.5, 0.6) is 0 Å². The van der Waals surface area contributed by atoms with Gasteiger partial charge in [0.05, 0.1) is 0 Å². The van der Waals surface area contributed by atoms with Gasteiger partial charge >= 0.3 is 0 Å². The summed E-state index contributed by atoms with van der Waals surface area (Å²) in [6.07, 6.45) is 0. The van der Waals surface area contributed by atoms with Gasteiger partial charge in [-0.1, -0.05) is 155 Å². The van der Waals surface area contributed by atoms with Gasteiger partial charge in [-0.3, -0.25) is 0 Å². The molecule has 3 heteroatoms. The van der Waals surface area contributed by atoms with E-state index >= 15 is 0 Å². The third-order valence-electron chi connectivity index (χ3n) is 10.3. The van der Waals surface area contributed by atoms with E-state index in [1.54, 1.807) is 0 Å². The zero-order valence-corrected chi connectivity index (χ0v) is 26.6. The molecule has 3 nitrogen and oxygen atoms in total. The molecule has 0 radical (unpaired) electrons. The zero-order chi connectivity index (χ0) is 31.5. The molecule has 1 heterocycles. The van der Waals surface area contributed by atoms with E-state index in [0.717, 1.165) is 22.1 Å². The van der Waals surface area contributed by atoms with Gasteiger partial charge in [-0.15, -0.1) is 0 Å². The van der Waals surface area contributed by atoms with Gasteiger partial charge in [0.15, 0.2) is 17.5 Å². The third kappa shape index (κ3) is 4.38. The lowest BCUT2D eigenvalue weighted by Crippen LogP contribution is -2.43. The number of nitrogens with zero attached hydrogens (tertiary/aromatic N) is 3. The Kier molecular flexibility index (Phi) is 6.47. The van der Waals surface area contributed by atoms with Crippen molar-refractivity contribution in [1.29, 1.82) is 0 Å². The summed E-state index contributed by atoms with van der Waals surface area (Å²) in [5.41, 5.74) is 10.8. The Morgan fingerprint density at radius 1 is 0.348 bits per heavy atom. The van der Waals surface area contributed by atoms with Crippen LogP contribution in [-0.4, -0.2) is 15.0 Å². The summed E-state index contributed by atoms with van der Waals surface area (Å²) in [6.45, 7) is 9.52. The van der Waals surface area contributed by atoms with E-state index in [2.05, 4.69) is 107 Å². The fourth-order valence-corrected chi connectivity index (χ4v) is 7.09. The summed E-state index contributed by atoms with van der Waals surface area (Å²) in [6, 6.07) is 49.3. The van der Waals surface area contributed by atoms with Crippen LogP contribution in [0, 0.1) is 0 Å². The minimum absolute atomic E-state index is 0.00814. The maximum atomic E-state index is 5.04. The second kappa shape index (κ2) is 10.6. The summed E-state index contributed by atoms with van der Waals surface area (Å²) in [5.74, 6) is 1.99. The quantitative estimate of drug-likeness (QED) is 0.204. The molecule has 0 saturated carbocycles. The molecular weight excluding hydrogens is 558 g/mol.